The number of aromatic nitrogens is 3. The van der Waals surface area contributed by atoms with E-state index in [2.05, 4.69) is 28.9 Å². The zero-order valence-corrected chi connectivity index (χ0v) is 16.4. The SMILES string of the molecule is CCc1nccn1Cc1cc(C#Cc2ccc(OCCC(CO)CO)cc2)on1. The summed E-state index contributed by atoms with van der Waals surface area (Å²) in [7, 11) is 0. The van der Waals surface area contributed by atoms with Crippen LogP contribution in [0.1, 0.15) is 36.2 Å². The Morgan fingerprint density at radius 2 is 1.97 bits per heavy atom. The summed E-state index contributed by atoms with van der Waals surface area (Å²) in [6.45, 7) is 3.03. The first-order valence-electron chi connectivity index (χ1n) is 9.64. The lowest BCUT2D eigenvalue weighted by Gasteiger charge is -2.11. The smallest absolute Gasteiger partial charge is 0.210 e. The van der Waals surface area contributed by atoms with Crippen LogP contribution in [-0.2, 0) is 13.0 Å². The molecule has 7 heteroatoms. The summed E-state index contributed by atoms with van der Waals surface area (Å²) in [6.07, 6.45) is 5.17. The van der Waals surface area contributed by atoms with Gasteiger partial charge in [0.2, 0.25) is 5.76 Å². The molecular formula is C22H25N3O4. The third-order valence-corrected chi connectivity index (χ3v) is 4.50. The molecule has 0 aliphatic rings. The third kappa shape index (κ3) is 5.95. The van der Waals surface area contributed by atoms with Gasteiger partial charge in [0.25, 0.3) is 0 Å². The summed E-state index contributed by atoms with van der Waals surface area (Å²) in [5.74, 6) is 8.13. The Labute approximate surface area is 170 Å². The van der Waals surface area contributed by atoms with Crippen LogP contribution in [0.2, 0.25) is 0 Å². The van der Waals surface area contributed by atoms with E-state index < -0.39 is 0 Å². The van der Waals surface area contributed by atoms with E-state index in [1.165, 1.54) is 0 Å². The zero-order chi connectivity index (χ0) is 20.5. The zero-order valence-electron chi connectivity index (χ0n) is 16.4. The number of imidazole rings is 1. The Morgan fingerprint density at radius 3 is 2.69 bits per heavy atom. The maximum Gasteiger partial charge on any atom is 0.210 e. The van der Waals surface area contributed by atoms with Gasteiger partial charge in [-0.2, -0.15) is 0 Å². The van der Waals surface area contributed by atoms with Gasteiger partial charge in [0.1, 0.15) is 17.3 Å². The number of rotatable bonds is 9. The fourth-order valence-electron chi connectivity index (χ4n) is 2.77. The number of ether oxygens (including phenoxy) is 1. The van der Waals surface area contributed by atoms with Gasteiger partial charge in [-0.05, 0) is 36.6 Å². The topological polar surface area (TPSA) is 93.5 Å². The lowest BCUT2D eigenvalue weighted by molar-refractivity contribution is 0.128. The summed E-state index contributed by atoms with van der Waals surface area (Å²) in [5.41, 5.74) is 1.64. The van der Waals surface area contributed by atoms with Crippen LogP contribution in [0.15, 0.2) is 47.2 Å². The Kier molecular flexibility index (Phi) is 7.45. The Bertz CT molecular complexity index is 946. The van der Waals surface area contributed by atoms with Gasteiger partial charge in [-0.1, -0.05) is 18.0 Å². The first kappa shape index (κ1) is 20.6. The van der Waals surface area contributed by atoms with Crippen LogP contribution in [0.3, 0.4) is 0 Å². The fourth-order valence-corrected chi connectivity index (χ4v) is 2.77. The molecule has 0 amide bonds. The van der Waals surface area contributed by atoms with Crippen LogP contribution >= 0.6 is 0 Å². The van der Waals surface area contributed by atoms with Crippen LogP contribution in [0.5, 0.6) is 5.75 Å². The number of aryl methyl sites for hydroxylation is 1. The van der Waals surface area contributed by atoms with Crippen molar-refractivity contribution in [1.82, 2.24) is 14.7 Å². The van der Waals surface area contributed by atoms with Crippen molar-refractivity contribution in [2.45, 2.75) is 26.3 Å². The number of hydrogen-bond donors (Lipinski definition) is 2. The molecule has 0 spiro atoms. The summed E-state index contributed by atoms with van der Waals surface area (Å²) in [4.78, 5) is 4.30. The van der Waals surface area contributed by atoms with Gasteiger partial charge in [-0.25, -0.2) is 4.98 Å². The Hall–Kier alpha value is -3.08. The number of hydrogen-bond acceptors (Lipinski definition) is 6. The van der Waals surface area contributed by atoms with E-state index in [1.807, 2.05) is 41.1 Å². The van der Waals surface area contributed by atoms with E-state index in [9.17, 15) is 0 Å². The molecule has 0 unspecified atom stereocenters. The van der Waals surface area contributed by atoms with Crippen LogP contribution < -0.4 is 4.74 Å². The lowest BCUT2D eigenvalue weighted by atomic mass is 10.1. The average molecular weight is 395 g/mol. The second-order valence-electron chi connectivity index (χ2n) is 6.65. The molecular weight excluding hydrogens is 370 g/mol. The molecule has 2 heterocycles. The highest BCUT2D eigenvalue weighted by atomic mass is 16.5. The monoisotopic (exact) mass is 395 g/mol. The highest BCUT2D eigenvalue weighted by molar-refractivity contribution is 5.41. The van der Waals surface area contributed by atoms with Crippen molar-refractivity contribution >= 4 is 0 Å². The molecule has 0 fully saturated rings. The molecule has 0 bridgehead atoms. The summed E-state index contributed by atoms with van der Waals surface area (Å²) in [6, 6.07) is 9.26. The van der Waals surface area contributed by atoms with Crippen molar-refractivity contribution in [2.75, 3.05) is 19.8 Å². The summed E-state index contributed by atoms with van der Waals surface area (Å²) >= 11 is 0. The molecule has 0 saturated carbocycles. The van der Waals surface area contributed by atoms with Crippen LogP contribution in [0.25, 0.3) is 0 Å². The molecule has 7 nitrogen and oxygen atoms in total. The van der Waals surface area contributed by atoms with Crippen molar-refractivity contribution in [3.8, 4) is 17.6 Å². The first-order chi connectivity index (χ1) is 14.2. The van der Waals surface area contributed by atoms with Gasteiger partial charge in [0.05, 0.1) is 13.2 Å². The van der Waals surface area contributed by atoms with Crippen molar-refractivity contribution in [1.29, 1.82) is 0 Å². The van der Waals surface area contributed by atoms with Crippen molar-refractivity contribution in [2.24, 2.45) is 5.92 Å². The van der Waals surface area contributed by atoms with E-state index in [1.54, 1.807) is 6.20 Å². The normalized spacial score (nSPS) is 10.8. The number of aliphatic hydroxyl groups excluding tert-OH is 2. The van der Waals surface area contributed by atoms with E-state index in [-0.39, 0.29) is 19.1 Å². The minimum atomic E-state index is -0.144. The van der Waals surface area contributed by atoms with Crippen molar-refractivity contribution in [3.63, 3.8) is 0 Å². The quantitative estimate of drug-likeness (QED) is 0.540. The molecule has 29 heavy (non-hydrogen) atoms. The highest BCUT2D eigenvalue weighted by Gasteiger charge is 2.07. The van der Waals surface area contributed by atoms with E-state index in [0.29, 0.717) is 25.3 Å². The molecule has 0 aliphatic heterocycles. The first-order valence-corrected chi connectivity index (χ1v) is 9.64. The minimum absolute atomic E-state index is 0.0418. The third-order valence-electron chi connectivity index (χ3n) is 4.50. The van der Waals surface area contributed by atoms with E-state index in [4.69, 9.17) is 19.5 Å². The van der Waals surface area contributed by atoms with Gasteiger partial charge in [-0.3, -0.25) is 0 Å². The number of nitrogens with zero attached hydrogens (tertiary/aromatic N) is 3. The van der Waals surface area contributed by atoms with Crippen LogP contribution in [-0.4, -0.2) is 44.7 Å². The molecule has 2 aromatic heterocycles. The Morgan fingerprint density at radius 1 is 1.17 bits per heavy atom. The molecule has 3 rings (SSSR count). The second-order valence-corrected chi connectivity index (χ2v) is 6.65. The van der Waals surface area contributed by atoms with Crippen molar-refractivity contribution < 1.29 is 19.5 Å². The predicted molar refractivity (Wildman–Crippen MR) is 107 cm³/mol. The fraction of sp³-hybridized carbons (Fsp3) is 0.364. The number of benzene rings is 1. The van der Waals surface area contributed by atoms with E-state index >= 15 is 0 Å². The molecule has 152 valence electrons. The molecule has 3 aromatic rings. The number of aliphatic hydroxyl groups is 2. The molecule has 0 atom stereocenters. The van der Waals surface area contributed by atoms with E-state index in [0.717, 1.165) is 29.3 Å². The van der Waals surface area contributed by atoms with Crippen LogP contribution in [0, 0.1) is 17.8 Å². The second kappa shape index (κ2) is 10.5. The lowest BCUT2D eigenvalue weighted by Crippen LogP contribution is -2.14. The molecule has 1 aromatic carbocycles. The standard InChI is InChI=1S/C22H25N3O4/c1-2-22-23-10-11-25(22)14-19-13-21(29-24-19)8-5-17-3-6-20(7-4-17)28-12-9-18(15-26)16-27/h3-4,6-7,10-11,13,18,26-27H,2,9,12,14-16H2,1H3. The summed E-state index contributed by atoms with van der Waals surface area (Å²) < 4.78 is 13.0. The maximum absolute atomic E-state index is 9.05. The van der Waals surface area contributed by atoms with Crippen molar-refractivity contribution in [3.05, 3.63) is 65.6 Å². The van der Waals surface area contributed by atoms with Gasteiger partial charge >= 0.3 is 0 Å². The predicted octanol–water partition coefficient (Wildman–Crippen LogP) is 2.25. The largest absolute Gasteiger partial charge is 0.494 e. The molecule has 0 aliphatic carbocycles. The van der Waals surface area contributed by atoms with Gasteiger partial charge in [0.15, 0.2) is 0 Å². The maximum atomic E-state index is 9.05. The van der Waals surface area contributed by atoms with Gasteiger partial charge in [0, 0.05) is 49.6 Å². The molecule has 0 saturated heterocycles. The average Bonchev–Trinajstić information content (AvgIpc) is 3.40. The van der Waals surface area contributed by atoms with Gasteiger partial charge in [-0.15, -0.1) is 0 Å². The molecule has 2 N–H and O–H groups in total. The van der Waals surface area contributed by atoms with Gasteiger partial charge < -0.3 is 24.0 Å². The summed E-state index contributed by atoms with van der Waals surface area (Å²) in [5, 5.41) is 22.2. The van der Waals surface area contributed by atoms with Crippen LogP contribution in [0.4, 0.5) is 0 Å². The minimum Gasteiger partial charge on any atom is -0.494 e. The highest BCUT2D eigenvalue weighted by Crippen LogP contribution is 2.13. The Balaban J connectivity index is 1.54. The molecule has 0 radical (unpaired) electrons.